The number of para-hydroxylation sites is 1. The molecule has 0 saturated heterocycles. The van der Waals surface area contributed by atoms with Crippen LogP contribution < -0.4 is 0 Å². The Kier molecular flexibility index (Phi) is 2.46. The highest BCUT2D eigenvalue weighted by Crippen LogP contribution is 2.21. The highest BCUT2D eigenvalue weighted by molar-refractivity contribution is 6.11. The van der Waals surface area contributed by atoms with E-state index < -0.39 is 0 Å². The first-order chi connectivity index (χ1) is 7.24. The first-order valence-corrected chi connectivity index (χ1v) is 5.02. The molecule has 0 spiro atoms. The molecular weight excluding hydrogens is 188 g/mol. The minimum absolute atomic E-state index is 0.203. The van der Waals surface area contributed by atoms with Crippen LogP contribution in [0.3, 0.4) is 0 Å². The summed E-state index contributed by atoms with van der Waals surface area (Å²) in [7, 11) is 0. The molecule has 3 heteroatoms. The molecule has 1 aromatic heterocycles. The Morgan fingerprint density at radius 1 is 1.33 bits per heavy atom. The molecule has 2 N–H and O–H groups in total. The Morgan fingerprint density at radius 2 is 2.07 bits per heavy atom. The van der Waals surface area contributed by atoms with Crippen LogP contribution in [0.15, 0.2) is 35.6 Å². The molecule has 0 unspecified atom stereocenters. The molecule has 1 heterocycles. The summed E-state index contributed by atoms with van der Waals surface area (Å²) in [5, 5.41) is 13.5. The Bertz CT molecular complexity index is 497. The minimum Gasteiger partial charge on any atom is -0.411 e. The van der Waals surface area contributed by atoms with Crippen molar-refractivity contribution in [1.82, 2.24) is 4.98 Å². The molecule has 0 bridgehead atoms. The number of fused-ring (bicyclic) bond motifs is 1. The molecule has 0 radical (unpaired) electrons. The largest absolute Gasteiger partial charge is 0.411 e. The Morgan fingerprint density at radius 3 is 2.73 bits per heavy atom. The monoisotopic (exact) mass is 202 g/mol. The molecule has 78 valence electrons. The van der Waals surface area contributed by atoms with E-state index in [1.165, 1.54) is 0 Å². The van der Waals surface area contributed by atoms with Crippen molar-refractivity contribution in [3.63, 3.8) is 0 Å². The second-order valence-corrected chi connectivity index (χ2v) is 3.89. The van der Waals surface area contributed by atoms with Gasteiger partial charge in [0.1, 0.15) is 0 Å². The van der Waals surface area contributed by atoms with Crippen molar-refractivity contribution < 1.29 is 5.21 Å². The van der Waals surface area contributed by atoms with Crippen molar-refractivity contribution in [3.8, 4) is 0 Å². The van der Waals surface area contributed by atoms with Gasteiger partial charge in [-0.1, -0.05) is 37.2 Å². The van der Waals surface area contributed by atoms with Gasteiger partial charge in [-0.2, -0.15) is 0 Å². The fourth-order valence-electron chi connectivity index (χ4n) is 1.76. The Balaban J connectivity index is 2.62. The number of hydrogen-bond acceptors (Lipinski definition) is 2. The second-order valence-electron chi connectivity index (χ2n) is 3.89. The van der Waals surface area contributed by atoms with Gasteiger partial charge in [0.15, 0.2) is 0 Å². The van der Waals surface area contributed by atoms with Crippen LogP contribution in [0.25, 0.3) is 10.9 Å². The molecule has 0 atom stereocenters. The normalized spacial score (nSPS) is 12.6. The van der Waals surface area contributed by atoms with Gasteiger partial charge in [-0.25, -0.2) is 0 Å². The average Bonchev–Trinajstić information content (AvgIpc) is 2.63. The van der Waals surface area contributed by atoms with Gasteiger partial charge < -0.3 is 10.2 Å². The SMILES string of the molecule is CC(C)C(=NO)c1c[nH]c2ccccc12. The molecule has 0 saturated carbocycles. The molecule has 1 aromatic carbocycles. The Hall–Kier alpha value is -1.77. The minimum atomic E-state index is 0.203. The second kappa shape index (κ2) is 3.77. The fraction of sp³-hybridized carbons (Fsp3) is 0.250. The number of H-pyrrole nitrogens is 1. The number of oxime groups is 1. The lowest BCUT2D eigenvalue weighted by Crippen LogP contribution is -2.08. The first-order valence-electron chi connectivity index (χ1n) is 5.02. The molecule has 2 aromatic rings. The van der Waals surface area contributed by atoms with E-state index in [0.717, 1.165) is 16.5 Å². The van der Waals surface area contributed by atoms with Crippen molar-refractivity contribution in [3.05, 3.63) is 36.0 Å². The lowest BCUT2D eigenvalue weighted by Gasteiger charge is -2.05. The van der Waals surface area contributed by atoms with Crippen LogP contribution in [-0.4, -0.2) is 15.9 Å². The summed E-state index contributed by atoms with van der Waals surface area (Å²) in [6.45, 7) is 4.02. The fourth-order valence-corrected chi connectivity index (χ4v) is 1.76. The van der Waals surface area contributed by atoms with E-state index >= 15 is 0 Å². The molecule has 0 aliphatic heterocycles. The summed E-state index contributed by atoms with van der Waals surface area (Å²) in [5.74, 6) is 0.203. The van der Waals surface area contributed by atoms with Gasteiger partial charge in [0.2, 0.25) is 0 Å². The molecule has 0 aliphatic rings. The highest BCUT2D eigenvalue weighted by Gasteiger charge is 2.13. The zero-order valence-electron chi connectivity index (χ0n) is 8.86. The predicted molar refractivity (Wildman–Crippen MR) is 61.5 cm³/mol. The van der Waals surface area contributed by atoms with Crippen molar-refractivity contribution in [1.29, 1.82) is 0 Å². The topological polar surface area (TPSA) is 48.4 Å². The highest BCUT2D eigenvalue weighted by atomic mass is 16.4. The quantitative estimate of drug-likeness (QED) is 0.439. The number of benzene rings is 1. The van der Waals surface area contributed by atoms with E-state index in [1.807, 2.05) is 44.3 Å². The predicted octanol–water partition coefficient (Wildman–Crippen LogP) is 3.00. The molecule has 0 aliphatic carbocycles. The van der Waals surface area contributed by atoms with Gasteiger partial charge in [-0.05, 0) is 12.0 Å². The van der Waals surface area contributed by atoms with Gasteiger partial charge in [-0.3, -0.25) is 0 Å². The molecule has 2 rings (SSSR count). The Labute approximate surface area is 88.4 Å². The van der Waals surface area contributed by atoms with Gasteiger partial charge in [0.05, 0.1) is 5.71 Å². The van der Waals surface area contributed by atoms with Crippen LogP contribution in [0.1, 0.15) is 19.4 Å². The third-order valence-corrected chi connectivity index (χ3v) is 2.52. The first kappa shape index (κ1) is 9.77. The van der Waals surface area contributed by atoms with Crippen LogP contribution in [0.2, 0.25) is 0 Å². The number of aromatic nitrogens is 1. The smallest absolute Gasteiger partial charge is 0.0914 e. The summed E-state index contributed by atoms with van der Waals surface area (Å²) in [5.41, 5.74) is 2.75. The maximum atomic E-state index is 9.00. The van der Waals surface area contributed by atoms with E-state index in [-0.39, 0.29) is 5.92 Å². The van der Waals surface area contributed by atoms with E-state index in [4.69, 9.17) is 5.21 Å². The maximum Gasteiger partial charge on any atom is 0.0914 e. The molecule has 0 fully saturated rings. The van der Waals surface area contributed by atoms with Crippen molar-refractivity contribution >= 4 is 16.6 Å². The number of hydrogen-bond donors (Lipinski definition) is 2. The number of aromatic amines is 1. The number of nitrogens with zero attached hydrogens (tertiary/aromatic N) is 1. The summed E-state index contributed by atoms with van der Waals surface area (Å²) in [6, 6.07) is 7.99. The van der Waals surface area contributed by atoms with E-state index in [0.29, 0.717) is 5.71 Å². The van der Waals surface area contributed by atoms with Crippen molar-refractivity contribution in [2.75, 3.05) is 0 Å². The van der Waals surface area contributed by atoms with Crippen LogP contribution in [0.5, 0.6) is 0 Å². The number of nitrogens with one attached hydrogen (secondary N) is 1. The summed E-state index contributed by atoms with van der Waals surface area (Å²) in [4.78, 5) is 3.17. The van der Waals surface area contributed by atoms with Crippen molar-refractivity contribution in [2.45, 2.75) is 13.8 Å². The third-order valence-electron chi connectivity index (χ3n) is 2.52. The molecule has 15 heavy (non-hydrogen) atoms. The standard InChI is InChI=1S/C12H14N2O/c1-8(2)12(14-15)10-7-13-11-6-4-3-5-9(10)11/h3-8,13,15H,1-2H3. The zero-order valence-corrected chi connectivity index (χ0v) is 8.86. The van der Waals surface area contributed by atoms with E-state index in [9.17, 15) is 0 Å². The third kappa shape index (κ3) is 1.61. The zero-order chi connectivity index (χ0) is 10.8. The lowest BCUT2D eigenvalue weighted by atomic mass is 10.00. The van der Waals surface area contributed by atoms with Crippen LogP contribution in [0, 0.1) is 5.92 Å². The average molecular weight is 202 g/mol. The number of rotatable bonds is 2. The van der Waals surface area contributed by atoms with Crippen LogP contribution in [-0.2, 0) is 0 Å². The van der Waals surface area contributed by atoms with E-state index in [1.54, 1.807) is 0 Å². The summed E-state index contributed by atoms with van der Waals surface area (Å²) in [6.07, 6.45) is 1.89. The van der Waals surface area contributed by atoms with E-state index in [2.05, 4.69) is 10.1 Å². The van der Waals surface area contributed by atoms with Crippen LogP contribution in [0.4, 0.5) is 0 Å². The van der Waals surface area contributed by atoms with Gasteiger partial charge >= 0.3 is 0 Å². The molecule has 0 amide bonds. The van der Waals surface area contributed by atoms with Crippen molar-refractivity contribution in [2.24, 2.45) is 11.1 Å². The van der Waals surface area contributed by atoms with Gasteiger partial charge in [0.25, 0.3) is 0 Å². The molecule has 3 nitrogen and oxygen atoms in total. The van der Waals surface area contributed by atoms with Gasteiger partial charge in [-0.15, -0.1) is 0 Å². The lowest BCUT2D eigenvalue weighted by molar-refractivity contribution is 0.316. The van der Waals surface area contributed by atoms with Gasteiger partial charge in [0, 0.05) is 22.7 Å². The maximum absolute atomic E-state index is 9.00. The summed E-state index contributed by atoms with van der Waals surface area (Å²) >= 11 is 0. The summed E-state index contributed by atoms with van der Waals surface area (Å²) < 4.78 is 0. The van der Waals surface area contributed by atoms with Crippen LogP contribution >= 0.6 is 0 Å². The molecular formula is C12H14N2O.